The summed E-state index contributed by atoms with van der Waals surface area (Å²) in [5.41, 5.74) is 0.798. The van der Waals surface area contributed by atoms with Crippen molar-refractivity contribution in [3.05, 3.63) is 58.1 Å². The number of hydrogen-bond donors (Lipinski definition) is 2. The van der Waals surface area contributed by atoms with E-state index in [9.17, 15) is 27.2 Å². The molecule has 0 spiro atoms. The van der Waals surface area contributed by atoms with Crippen LogP contribution < -0.4 is 11.1 Å². The highest BCUT2D eigenvalue weighted by Crippen LogP contribution is 2.47. The lowest BCUT2D eigenvalue weighted by atomic mass is 9.67. The van der Waals surface area contributed by atoms with Crippen LogP contribution in [0.25, 0.3) is 0 Å². The van der Waals surface area contributed by atoms with Gasteiger partial charge in [-0.1, -0.05) is 11.6 Å². The third-order valence-corrected chi connectivity index (χ3v) is 6.08. The summed E-state index contributed by atoms with van der Waals surface area (Å²) in [7, 11) is 1.44. The van der Waals surface area contributed by atoms with Gasteiger partial charge in [-0.2, -0.15) is 13.2 Å². The Labute approximate surface area is 191 Å². The number of anilines is 1. The third kappa shape index (κ3) is 4.12. The van der Waals surface area contributed by atoms with Gasteiger partial charge in [0.05, 0.1) is 11.0 Å². The van der Waals surface area contributed by atoms with Crippen molar-refractivity contribution in [2.24, 2.45) is 16.1 Å². The number of carbonyl (C=O) groups is 2. The average molecular weight is 486 g/mol. The SMILES string of the molecule is CN1C(=O)C(C)(C)C(C)(c2cc(NC(=O)c3nc(Cl)ccc3C(F)(F)F)ccc2F)N=C1N. The van der Waals surface area contributed by atoms with Crippen LogP contribution in [0.15, 0.2) is 35.3 Å². The predicted octanol–water partition coefficient (Wildman–Crippen LogP) is 4.17. The topological polar surface area (TPSA) is 101 Å². The molecule has 1 atom stereocenters. The quantitative estimate of drug-likeness (QED) is 0.503. The van der Waals surface area contributed by atoms with Gasteiger partial charge in [-0.25, -0.2) is 14.4 Å². The van der Waals surface area contributed by atoms with Gasteiger partial charge >= 0.3 is 6.18 Å². The molecule has 1 aliphatic rings. The van der Waals surface area contributed by atoms with E-state index in [4.69, 9.17) is 17.3 Å². The van der Waals surface area contributed by atoms with E-state index in [-0.39, 0.29) is 22.4 Å². The van der Waals surface area contributed by atoms with Crippen molar-refractivity contribution in [3.8, 4) is 0 Å². The Balaban J connectivity index is 2.06. The Morgan fingerprint density at radius 1 is 1.18 bits per heavy atom. The van der Waals surface area contributed by atoms with Crippen LogP contribution in [0.1, 0.15) is 42.4 Å². The molecule has 7 nitrogen and oxygen atoms in total. The van der Waals surface area contributed by atoms with Gasteiger partial charge < -0.3 is 11.1 Å². The highest BCUT2D eigenvalue weighted by atomic mass is 35.5. The van der Waals surface area contributed by atoms with Crippen molar-refractivity contribution in [3.63, 3.8) is 0 Å². The van der Waals surface area contributed by atoms with Crippen LogP contribution in [-0.4, -0.2) is 34.7 Å². The summed E-state index contributed by atoms with van der Waals surface area (Å²) < 4.78 is 54.8. The molecular weight excluding hydrogens is 466 g/mol. The maximum atomic E-state index is 14.9. The summed E-state index contributed by atoms with van der Waals surface area (Å²) in [5.74, 6) is -2.48. The highest BCUT2D eigenvalue weighted by molar-refractivity contribution is 6.29. The molecule has 3 N–H and O–H groups in total. The smallest absolute Gasteiger partial charge is 0.369 e. The molecule has 1 aromatic heterocycles. The molecule has 2 heterocycles. The van der Waals surface area contributed by atoms with Gasteiger partial charge in [-0.15, -0.1) is 0 Å². The van der Waals surface area contributed by atoms with Crippen molar-refractivity contribution >= 4 is 35.1 Å². The summed E-state index contributed by atoms with van der Waals surface area (Å²) in [6.45, 7) is 4.64. The molecule has 2 aromatic rings. The summed E-state index contributed by atoms with van der Waals surface area (Å²) in [5, 5.41) is 1.97. The zero-order chi connectivity index (χ0) is 24.9. The van der Waals surface area contributed by atoms with Gasteiger partial charge in [0.15, 0.2) is 5.96 Å². The number of rotatable bonds is 3. The molecule has 33 heavy (non-hydrogen) atoms. The molecule has 2 amide bonds. The van der Waals surface area contributed by atoms with Crippen molar-refractivity contribution in [2.45, 2.75) is 32.5 Å². The fourth-order valence-electron chi connectivity index (χ4n) is 3.58. The number of guanidine groups is 1. The van der Waals surface area contributed by atoms with Crippen LogP contribution in [0.5, 0.6) is 0 Å². The number of amides is 2. The number of nitrogens with zero attached hydrogens (tertiary/aromatic N) is 3. The predicted molar refractivity (Wildman–Crippen MR) is 114 cm³/mol. The highest BCUT2D eigenvalue weighted by Gasteiger charge is 2.53. The number of pyridine rings is 1. The standard InChI is InChI=1S/C21H20ClF4N5O2/c1-19(2)17(33)31(4)18(27)30-20(19,3)12-9-10(5-7-13(12)23)28-16(32)15-11(21(24,25)26)6-8-14(22)29-15/h5-9H,1-4H3,(H2,27,30)(H,28,32). The number of halogens is 5. The Hall–Kier alpha value is -3.21. The molecule has 0 aliphatic carbocycles. The summed E-state index contributed by atoms with van der Waals surface area (Å²) >= 11 is 5.68. The third-order valence-electron chi connectivity index (χ3n) is 5.87. The van der Waals surface area contributed by atoms with Gasteiger partial charge in [0.1, 0.15) is 22.2 Å². The molecular formula is C21H20ClF4N5O2. The normalized spacial score (nSPS) is 20.5. The lowest BCUT2D eigenvalue weighted by molar-refractivity contribution is -0.140. The van der Waals surface area contributed by atoms with Crippen molar-refractivity contribution in [2.75, 3.05) is 12.4 Å². The maximum Gasteiger partial charge on any atom is 0.418 e. The zero-order valence-corrected chi connectivity index (χ0v) is 18.8. The van der Waals surface area contributed by atoms with Crippen LogP contribution in [0.2, 0.25) is 5.15 Å². The number of nitrogens with one attached hydrogen (secondary N) is 1. The van der Waals surface area contributed by atoms with Gasteiger partial charge in [-0.3, -0.25) is 14.5 Å². The monoisotopic (exact) mass is 485 g/mol. The van der Waals surface area contributed by atoms with E-state index in [1.54, 1.807) is 13.8 Å². The molecule has 12 heteroatoms. The van der Waals surface area contributed by atoms with E-state index in [2.05, 4.69) is 15.3 Å². The van der Waals surface area contributed by atoms with Gasteiger partial charge in [0.25, 0.3) is 5.91 Å². The van der Waals surface area contributed by atoms with E-state index >= 15 is 0 Å². The number of benzene rings is 1. The number of aromatic nitrogens is 1. The Kier molecular flexibility index (Phi) is 5.91. The maximum absolute atomic E-state index is 14.9. The first-order valence-corrected chi connectivity index (χ1v) is 9.96. The Morgan fingerprint density at radius 3 is 2.42 bits per heavy atom. The van der Waals surface area contributed by atoms with Crippen LogP contribution >= 0.6 is 11.6 Å². The fourth-order valence-corrected chi connectivity index (χ4v) is 3.72. The molecule has 1 aromatic carbocycles. The lowest BCUT2D eigenvalue weighted by Gasteiger charge is -2.46. The number of aliphatic imine (C=N–C) groups is 1. The van der Waals surface area contributed by atoms with E-state index in [0.717, 1.165) is 23.1 Å². The lowest BCUT2D eigenvalue weighted by Crippen LogP contribution is -2.58. The van der Waals surface area contributed by atoms with Gasteiger partial charge in [0.2, 0.25) is 5.91 Å². The second-order valence-electron chi connectivity index (χ2n) is 8.21. The minimum absolute atomic E-state index is 0.0385. The number of nitrogens with two attached hydrogens (primary N) is 1. The van der Waals surface area contributed by atoms with Crippen molar-refractivity contribution < 1.29 is 27.2 Å². The Morgan fingerprint density at radius 2 is 1.82 bits per heavy atom. The molecule has 0 saturated carbocycles. The van der Waals surface area contributed by atoms with Crippen LogP contribution in [0.4, 0.5) is 23.2 Å². The number of alkyl halides is 3. The first-order chi connectivity index (χ1) is 15.1. The van der Waals surface area contributed by atoms with E-state index in [1.165, 1.54) is 20.0 Å². The summed E-state index contributed by atoms with van der Waals surface area (Å²) in [6.07, 6.45) is -4.85. The number of carbonyl (C=O) groups excluding carboxylic acids is 2. The van der Waals surface area contributed by atoms with Crippen LogP contribution in [0.3, 0.4) is 0 Å². The molecule has 3 rings (SSSR count). The molecule has 176 valence electrons. The minimum atomic E-state index is -4.85. The molecule has 0 saturated heterocycles. The molecule has 0 radical (unpaired) electrons. The van der Waals surface area contributed by atoms with E-state index in [0.29, 0.717) is 6.07 Å². The van der Waals surface area contributed by atoms with Gasteiger partial charge in [-0.05, 0) is 51.1 Å². The first kappa shape index (κ1) is 24.4. The van der Waals surface area contributed by atoms with E-state index < -0.39 is 46.0 Å². The second kappa shape index (κ2) is 7.98. The molecule has 0 bridgehead atoms. The van der Waals surface area contributed by atoms with Crippen LogP contribution in [0, 0.1) is 11.2 Å². The fraction of sp³-hybridized carbons (Fsp3) is 0.333. The van der Waals surface area contributed by atoms with E-state index in [1.807, 2.05) is 0 Å². The Bertz CT molecular complexity index is 1180. The minimum Gasteiger partial charge on any atom is -0.369 e. The van der Waals surface area contributed by atoms with Gasteiger partial charge in [0, 0.05) is 18.3 Å². The zero-order valence-electron chi connectivity index (χ0n) is 18.0. The summed E-state index contributed by atoms with van der Waals surface area (Å²) in [6, 6.07) is 4.93. The molecule has 1 aliphatic heterocycles. The number of hydrogen-bond acceptors (Lipinski definition) is 5. The van der Waals surface area contributed by atoms with Crippen molar-refractivity contribution in [1.29, 1.82) is 0 Å². The second-order valence-corrected chi connectivity index (χ2v) is 8.60. The average Bonchev–Trinajstić information content (AvgIpc) is 2.71. The molecule has 0 fully saturated rings. The summed E-state index contributed by atoms with van der Waals surface area (Å²) in [4.78, 5) is 34.4. The van der Waals surface area contributed by atoms with Crippen LogP contribution in [-0.2, 0) is 16.5 Å². The molecule has 1 unspecified atom stereocenters. The van der Waals surface area contributed by atoms with Crippen molar-refractivity contribution in [1.82, 2.24) is 9.88 Å². The largest absolute Gasteiger partial charge is 0.418 e. The first-order valence-electron chi connectivity index (χ1n) is 9.58.